The monoisotopic (exact) mass is 280 g/mol. The van der Waals surface area contributed by atoms with Crippen molar-refractivity contribution in [3.63, 3.8) is 0 Å². The van der Waals surface area contributed by atoms with Gasteiger partial charge in [-0.1, -0.05) is 30.7 Å². The van der Waals surface area contributed by atoms with E-state index in [1.807, 2.05) is 47.4 Å². The topological polar surface area (TPSA) is 46.3 Å². The predicted octanol–water partition coefficient (Wildman–Crippen LogP) is 3.72. The van der Waals surface area contributed by atoms with Gasteiger partial charge >= 0.3 is 0 Å². The number of carbonyl (C=O) groups excluding carboxylic acids is 1. The van der Waals surface area contributed by atoms with Gasteiger partial charge in [0.15, 0.2) is 0 Å². The minimum atomic E-state index is 0.0281. The smallest absolute Gasteiger partial charge is 0.258 e. The van der Waals surface area contributed by atoms with Crippen LogP contribution in [0.5, 0.6) is 0 Å². The van der Waals surface area contributed by atoms with Crippen molar-refractivity contribution in [3.05, 3.63) is 60.2 Å². The Balaban J connectivity index is 1.88. The summed E-state index contributed by atoms with van der Waals surface area (Å²) < 4.78 is 0. The van der Waals surface area contributed by atoms with Gasteiger partial charge in [0.05, 0.1) is 0 Å². The first-order valence-corrected chi connectivity index (χ1v) is 7.46. The number of benzene rings is 2. The van der Waals surface area contributed by atoms with Crippen LogP contribution in [0.15, 0.2) is 54.6 Å². The van der Waals surface area contributed by atoms with Crippen molar-refractivity contribution in [3.8, 4) is 0 Å². The molecule has 1 amide bonds. The zero-order valence-electron chi connectivity index (χ0n) is 12.0. The van der Waals surface area contributed by atoms with Gasteiger partial charge in [0.1, 0.15) is 0 Å². The maximum atomic E-state index is 12.8. The quantitative estimate of drug-likeness (QED) is 0.868. The van der Waals surface area contributed by atoms with Crippen LogP contribution in [0.3, 0.4) is 0 Å². The standard InChI is InChI=1S/C18H20N2O/c19-16-9-5-8-15(12-16)18(21)20(13-14-6-4-7-14)17-10-2-1-3-11-17/h1-3,5,8-12,14H,4,6-7,13,19H2. The largest absolute Gasteiger partial charge is 0.399 e. The van der Waals surface area contributed by atoms with Gasteiger partial charge in [-0.2, -0.15) is 0 Å². The molecule has 1 aliphatic carbocycles. The van der Waals surface area contributed by atoms with Crippen molar-refractivity contribution < 1.29 is 4.79 Å². The summed E-state index contributed by atoms with van der Waals surface area (Å²) in [6.45, 7) is 0.789. The summed E-state index contributed by atoms with van der Waals surface area (Å²) in [4.78, 5) is 14.7. The van der Waals surface area contributed by atoms with Gasteiger partial charge in [-0.15, -0.1) is 0 Å². The Morgan fingerprint density at radius 3 is 2.48 bits per heavy atom. The van der Waals surface area contributed by atoms with Crippen LogP contribution in [0.1, 0.15) is 29.6 Å². The molecule has 0 saturated heterocycles. The number of nitrogens with zero attached hydrogens (tertiary/aromatic N) is 1. The number of nitrogen functional groups attached to an aromatic ring is 1. The van der Waals surface area contributed by atoms with Crippen molar-refractivity contribution >= 4 is 17.3 Å². The Kier molecular flexibility index (Phi) is 3.91. The lowest BCUT2D eigenvalue weighted by molar-refractivity contribution is 0.0977. The Hall–Kier alpha value is -2.29. The van der Waals surface area contributed by atoms with Gasteiger partial charge in [-0.3, -0.25) is 4.79 Å². The highest BCUT2D eigenvalue weighted by Crippen LogP contribution is 2.29. The molecule has 2 aromatic rings. The fourth-order valence-electron chi connectivity index (χ4n) is 2.67. The number of hydrogen-bond donors (Lipinski definition) is 1. The molecule has 0 radical (unpaired) electrons. The summed E-state index contributed by atoms with van der Waals surface area (Å²) in [6, 6.07) is 17.1. The third kappa shape index (κ3) is 3.07. The Bertz CT molecular complexity index is 620. The molecule has 0 aliphatic heterocycles. The average molecular weight is 280 g/mol. The Morgan fingerprint density at radius 1 is 1.10 bits per heavy atom. The summed E-state index contributed by atoms with van der Waals surface area (Å²) in [5.74, 6) is 0.649. The van der Waals surface area contributed by atoms with Crippen LogP contribution in [0.4, 0.5) is 11.4 Å². The van der Waals surface area contributed by atoms with Crippen LogP contribution in [-0.2, 0) is 0 Å². The molecular formula is C18H20N2O. The van der Waals surface area contributed by atoms with Crippen molar-refractivity contribution in [2.24, 2.45) is 5.92 Å². The highest BCUT2D eigenvalue weighted by atomic mass is 16.2. The lowest BCUT2D eigenvalue weighted by Gasteiger charge is -2.32. The van der Waals surface area contributed by atoms with E-state index in [4.69, 9.17) is 5.73 Å². The molecule has 3 nitrogen and oxygen atoms in total. The fraction of sp³-hybridized carbons (Fsp3) is 0.278. The molecule has 0 unspecified atom stereocenters. The number of carbonyl (C=O) groups is 1. The molecule has 1 fully saturated rings. The lowest BCUT2D eigenvalue weighted by atomic mass is 9.85. The molecule has 1 saturated carbocycles. The fourth-order valence-corrected chi connectivity index (χ4v) is 2.67. The molecule has 0 atom stereocenters. The molecule has 0 bridgehead atoms. The lowest BCUT2D eigenvalue weighted by Crippen LogP contribution is -2.37. The SMILES string of the molecule is Nc1cccc(C(=O)N(CC2CCC2)c2ccccc2)c1. The van der Waals surface area contributed by atoms with Gasteiger partial charge in [0.2, 0.25) is 0 Å². The maximum Gasteiger partial charge on any atom is 0.258 e. The summed E-state index contributed by atoms with van der Waals surface area (Å²) in [5.41, 5.74) is 8.03. The van der Waals surface area contributed by atoms with Crippen LogP contribution >= 0.6 is 0 Å². The normalized spacial score (nSPS) is 14.5. The van der Waals surface area contributed by atoms with E-state index >= 15 is 0 Å². The molecule has 3 rings (SSSR count). The third-order valence-corrected chi connectivity index (χ3v) is 4.11. The van der Waals surface area contributed by atoms with E-state index in [0.29, 0.717) is 17.2 Å². The van der Waals surface area contributed by atoms with Crippen molar-refractivity contribution in [1.82, 2.24) is 0 Å². The predicted molar refractivity (Wildman–Crippen MR) is 86.3 cm³/mol. The van der Waals surface area contributed by atoms with Crippen LogP contribution in [0.2, 0.25) is 0 Å². The van der Waals surface area contributed by atoms with Crippen LogP contribution in [0.25, 0.3) is 0 Å². The minimum absolute atomic E-state index is 0.0281. The molecular weight excluding hydrogens is 260 g/mol. The van der Waals surface area contributed by atoms with Crippen LogP contribution in [-0.4, -0.2) is 12.5 Å². The third-order valence-electron chi connectivity index (χ3n) is 4.11. The Morgan fingerprint density at radius 2 is 1.86 bits per heavy atom. The van der Waals surface area contributed by atoms with Gasteiger partial charge < -0.3 is 10.6 Å². The van der Waals surface area contributed by atoms with E-state index in [0.717, 1.165) is 12.2 Å². The second-order valence-electron chi connectivity index (χ2n) is 5.67. The second-order valence-corrected chi connectivity index (χ2v) is 5.67. The van der Waals surface area contributed by atoms with Crippen LogP contribution < -0.4 is 10.6 Å². The zero-order valence-corrected chi connectivity index (χ0v) is 12.0. The van der Waals surface area contributed by atoms with E-state index in [1.54, 1.807) is 12.1 Å². The van der Waals surface area contributed by atoms with Gasteiger partial charge in [0, 0.05) is 23.5 Å². The minimum Gasteiger partial charge on any atom is -0.399 e. The van der Waals surface area contributed by atoms with E-state index in [1.165, 1.54) is 19.3 Å². The summed E-state index contributed by atoms with van der Waals surface area (Å²) >= 11 is 0. The molecule has 0 aromatic heterocycles. The van der Waals surface area contributed by atoms with E-state index in [9.17, 15) is 4.79 Å². The average Bonchev–Trinajstić information content (AvgIpc) is 2.46. The number of para-hydroxylation sites is 1. The van der Waals surface area contributed by atoms with Crippen molar-refractivity contribution in [2.75, 3.05) is 17.2 Å². The van der Waals surface area contributed by atoms with Gasteiger partial charge in [-0.25, -0.2) is 0 Å². The number of hydrogen-bond acceptors (Lipinski definition) is 2. The molecule has 0 spiro atoms. The second kappa shape index (κ2) is 6.00. The molecule has 2 aromatic carbocycles. The number of anilines is 2. The number of amides is 1. The van der Waals surface area contributed by atoms with Crippen LogP contribution in [0, 0.1) is 5.92 Å². The molecule has 3 heteroatoms. The molecule has 0 heterocycles. The summed E-state index contributed by atoms with van der Waals surface area (Å²) in [7, 11) is 0. The van der Waals surface area contributed by atoms with E-state index < -0.39 is 0 Å². The summed E-state index contributed by atoms with van der Waals surface area (Å²) in [6.07, 6.45) is 3.71. The summed E-state index contributed by atoms with van der Waals surface area (Å²) in [5, 5.41) is 0. The Labute approximate surface area is 125 Å². The molecule has 1 aliphatic rings. The molecule has 2 N–H and O–H groups in total. The first-order chi connectivity index (χ1) is 10.2. The number of rotatable bonds is 4. The highest BCUT2D eigenvalue weighted by molar-refractivity contribution is 6.06. The maximum absolute atomic E-state index is 12.8. The van der Waals surface area contributed by atoms with E-state index in [2.05, 4.69) is 0 Å². The first kappa shape index (κ1) is 13.7. The van der Waals surface area contributed by atoms with Crippen molar-refractivity contribution in [1.29, 1.82) is 0 Å². The molecule has 108 valence electrons. The van der Waals surface area contributed by atoms with Crippen molar-refractivity contribution in [2.45, 2.75) is 19.3 Å². The van der Waals surface area contributed by atoms with Gasteiger partial charge in [-0.05, 0) is 49.1 Å². The number of nitrogens with two attached hydrogens (primary N) is 1. The zero-order chi connectivity index (χ0) is 14.7. The highest BCUT2D eigenvalue weighted by Gasteiger charge is 2.25. The van der Waals surface area contributed by atoms with E-state index in [-0.39, 0.29) is 5.91 Å². The molecule has 21 heavy (non-hydrogen) atoms. The first-order valence-electron chi connectivity index (χ1n) is 7.46. The van der Waals surface area contributed by atoms with Gasteiger partial charge in [0.25, 0.3) is 5.91 Å².